The molecule has 0 saturated heterocycles. The molecule has 3 rings (SSSR count). The molecule has 2 nitrogen and oxygen atoms in total. The Balaban J connectivity index is 0.000000722. The number of hydrogen-bond donors (Lipinski definition) is 0. The van der Waals surface area contributed by atoms with Crippen molar-refractivity contribution in [3.05, 3.63) is 71.8 Å². The molecule has 0 atom stereocenters. The Bertz CT molecular complexity index is 459. The molecule has 0 fully saturated rings. The van der Waals surface area contributed by atoms with Crippen molar-refractivity contribution in [3.63, 3.8) is 0 Å². The standard InChI is InChI=1S/C14H10Ge.2H2O/c1-3-7-11(8-4-1)13-14(15-13)12-9-5-2-6-10-12;;/h1-10H;2*1H2. The Labute approximate surface area is 107 Å². The first-order valence-corrected chi connectivity index (χ1v) is 7.17. The maximum atomic E-state index is 2.22. The average Bonchev–Trinajstić information content (AvgIpc) is 3.11. The van der Waals surface area contributed by atoms with Crippen LogP contribution >= 0.6 is 0 Å². The van der Waals surface area contributed by atoms with E-state index in [0.29, 0.717) is 0 Å². The molecule has 0 bridgehead atoms. The molecular formula is C14H14GeO2. The predicted molar refractivity (Wildman–Crippen MR) is 72.7 cm³/mol. The normalized spacial score (nSPS) is 12.5. The Kier molecular flexibility index (Phi) is 4.69. The molecule has 2 aromatic rings. The Morgan fingerprint density at radius 1 is 0.529 bits per heavy atom. The van der Waals surface area contributed by atoms with Crippen LogP contribution in [0.5, 0.6) is 0 Å². The van der Waals surface area contributed by atoms with Crippen molar-refractivity contribution in [2.75, 3.05) is 0 Å². The second-order valence-electron chi connectivity index (χ2n) is 3.61. The molecule has 1 heterocycles. The zero-order chi connectivity index (χ0) is 10.1. The van der Waals surface area contributed by atoms with E-state index in [0.717, 1.165) is 0 Å². The fourth-order valence-electron chi connectivity index (χ4n) is 1.74. The number of hydrogen-bond acceptors (Lipinski definition) is 0. The van der Waals surface area contributed by atoms with Crippen LogP contribution in [0.15, 0.2) is 60.7 Å². The summed E-state index contributed by atoms with van der Waals surface area (Å²) in [6.45, 7) is 0. The second-order valence-corrected chi connectivity index (χ2v) is 6.23. The number of rotatable bonds is 2. The average molecular weight is 287 g/mol. The van der Waals surface area contributed by atoms with Gasteiger partial charge in [-0.25, -0.2) is 0 Å². The molecule has 0 saturated carbocycles. The van der Waals surface area contributed by atoms with Crippen LogP contribution in [0.4, 0.5) is 0 Å². The van der Waals surface area contributed by atoms with Gasteiger partial charge in [-0.3, -0.25) is 0 Å². The van der Waals surface area contributed by atoms with Crippen molar-refractivity contribution in [2.45, 2.75) is 0 Å². The van der Waals surface area contributed by atoms with Crippen LogP contribution in [0.25, 0.3) is 8.81 Å². The molecule has 0 amide bonds. The molecule has 1 aliphatic rings. The van der Waals surface area contributed by atoms with Gasteiger partial charge in [-0.2, -0.15) is 0 Å². The van der Waals surface area contributed by atoms with E-state index in [1.165, 1.54) is 11.1 Å². The molecule has 2 radical (unpaired) electrons. The van der Waals surface area contributed by atoms with Crippen LogP contribution < -0.4 is 0 Å². The van der Waals surface area contributed by atoms with Gasteiger partial charge in [0.25, 0.3) is 0 Å². The van der Waals surface area contributed by atoms with Gasteiger partial charge in [0.2, 0.25) is 0 Å². The summed E-state index contributed by atoms with van der Waals surface area (Å²) >= 11 is 0.0530. The van der Waals surface area contributed by atoms with Crippen LogP contribution in [0.3, 0.4) is 0 Å². The summed E-state index contributed by atoms with van der Waals surface area (Å²) in [5, 5.41) is 0. The SMILES string of the molecule is O.O.c1ccc([C]2=[C](c3ccccc3)[Ge]2)cc1. The van der Waals surface area contributed by atoms with Crippen molar-refractivity contribution >= 4 is 24.2 Å². The summed E-state index contributed by atoms with van der Waals surface area (Å²) in [7, 11) is 0. The van der Waals surface area contributed by atoms with E-state index >= 15 is 0 Å². The van der Waals surface area contributed by atoms with Crippen LogP contribution in [0.2, 0.25) is 0 Å². The first-order chi connectivity index (χ1) is 7.45. The van der Waals surface area contributed by atoms with Crippen molar-refractivity contribution < 1.29 is 11.0 Å². The summed E-state index contributed by atoms with van der Waals surface area (Å²) in [6.07, 6.45) is 0. The maximum absolute atomic E-state index is 2.22. The molecular weight excluding hydrogens is 273 g/mol. The van der Waals surface area contributed by atoms with Crippen LogP contribution in [-0.2, 0) is 0 Å². The third-order valence-electron chi connectivity index (χ3n) is 2.56. The molecule has 4 N–H and O–H groups in total. The van der Waals surface area contributed by atoms with Gasteiger partial charge in [0.15, 0.2) is 0 Å². The third kappa shape index (κ3) is 2.85. The molecule has 86 valence electrons. The Hall–Kier alpha value is -1.36. The van der Waals surface area contributed by atoms with E-state index < -0.39 is 0 Å². The molecule has 0 aromatic heterocycles. The van der Waals surface area contributed by atoms with Gasteiger partial charge in [0.05, 0.1) is 0 Å². The fourth-order valence-corrected chi connectivity index (χ4v) is 4.04. The zero-order valence-electron chi connectivity index (χ0n) is 9.27. The van der Waals surface area contributed by atoms with E-state index in [2.05, 4.69) is 60.7 Å². The minimum absolute atomic E-state index is 0. The van der Waals surface area contributed by atoms with Crippen molar-refractivity contribution in [3.8, 4) is 0 Å². The monoisotopic (exact) mass is 288 g/mol. The van der Waals surface area contributed by atoms with Gasteiger partial charge in [-0.05, 0) is 0 Å². The molecule has 0 spiro atoms. The first-order valence-electron chi connectivity index (χ1n) is 5.07. The fraction of sp³-hybridized carbons (Fsp3) is 0. The molecule has 17 heavy (non-hydrogen) atoms. The summed E-state index contributed by atoms with van der Waals surface area (Å²) in [6, 6.07) is 21.5. The molecule has 2 aromatic carbocycles. The van der Waals surface area contributed by atoms with Gasteiger partial charge < -0.3 is 11.0 Å². The van der Waals surface area contributed by atoms with Gasteiger partial charge in [0, 0.05) is 0 Å². The van der Waals surface area contributed by atoms with Crippen LogP contribution in [0, 0.1) is 0 Å². The van der Waals surface area contributed by atoms with Gasteiger partial charge in [-0.1, -0.05) is 0 Å². The predicted octanol–water partition coefficient (Wildman–Crippen LogP) is 1.58. The topological polar surface area (TPSA) is 63.0 Å². The Morgan fingerprint density at radius 2 is 0.882 bits per heavy atom. The molecule has 1 aliphatic heterocycles. The van der Waals surface area contributed by atoms with E-state index in [4.69, 9.17) is 0 Å². The summed E-state index contributed by atoms with van der Waals surface area (Å²) in [5.74, 6) is 0. The van der Waals surface area contributed by atoms with Gasteiger partial charge >= 0.3 is 96.0 Å². The van der Waals surface area contributed by atoms with Crippen molar-refractivity contribution in [1.29, 1.82) is 0 Å². The summed E-state index contributed by atoms with van der Waals surface area (Å²) in [5.41, 5.74) is 2.85. The second kappa shape index (κ2) is 5.82. The summed E-state index contributed by atoms with van der Waals surface area (Å²) in [4.78, 5) is 0. The number of benzene rings is 2. The van der Waals surface area contributed by atoms with E-state index in [1.807, 2.05) is 0 Å². The Morgan fingerprint density at radius 3 is 1.24 bits per heavy atom. The molecule has 0 unspecified atom stereocenters. The van der Waals surface area contributed by atoms with Crippen molar-refractivity contribution in [2.24, 2.45) is 0 Å². The molecule has 0 aliphatic carbocycles. The van der Waals surface area contributed by atoms with Crippen LogP contribution in [0.1, 0.15) is 11.1 Å². The quantitative estimate of drug-likeness (QED) is 0.753. The van der Waals surface area contributed by atoms with Crippen LogP contribution in [-0.4, -0.2) is 26.4 Å². The van der Waals surface area contributed by atoms with Gasteiger partial charge in [0.1, 0.15) is 0 Å². The van der Waals surface area contributed by atoms with E-state index in [1.54, 1.807) is 8.81 Å². The van der Waals surface area contributed by atoms with E-state index in [9.17, 15) is 0 Å². The summed E-state index contributed by atoms with van der Waals surface area (Å²) < 4.78 is 3.25. The zero-order valence-corrected chi connectivity index (χ0v) is 11.4. The third-order valence-corrected chi connectivity index (χ3v) is 5.35. The van der Waals surface area contributed by atoms with E-state index in [-0.39, 0.29) is 26.4 Å². The molecule has 3 heteroatoms. The van der Waals surface area contributed by atoms with Crippen molar-refractivity contribution in [1.82, 2.24) is 0 Å². The van der Waals surface area contributed by atoms with Gasteiger partial charge in [-0.15, -0.1) is 0 Å². The first kappa shape index (κ1) is 13.7. The minimum atomic E-state index is 0.